The van der Waals surface area contributed by atoms with Crippen LogP contribution in [0.2, 0.25) is 0 Å². The molecule has 1 saturated carbocycles. The Morgan fingerprint density at radius 3 is 2.55 bits per heavy atom. The zero-order chi connectivity index (χ0) is 14.9. The van der Waals surface area contributed by atoms with Gasteiger partial charge in [0.25, 0.3) is 0 Å². The number of halogens is 3. The number of aromatic nitrogens is 2. The summed E-state index contributed by atoms with van der Waals surface area (Å²) in [5.41, 5.74) is 4.27. The average Bonchev–Trinajstić information content (AvgIpc) is 2.37. The van der Waals surface area contributed by atoms with Crippen LogP contribution >= 0.6 is 0 Å². The second kappa shape index (κ2) is 5.43. The third-order valence-electron chi connectivity index (χ3n) is 3.57. The lowest BCUT2D eigenvalue weighted by molar-refractivity contribution is -0.141. The Hall–Kier alpha value is -1.57. The van der Waals surface area contributed by atoms with Gasteiger partial charge < -0.3 is 15.7 Å². The van der Waals surface area contributed by atoms with Gasteiger partial charge in [-0.15, -0.1) is 0 Å². The number of nitrogens with zero attached hydrogens (tertiary/aromatic N) is 3. The van der Waals surface area contributed by atoms with Crippen LogP contribution in [-0.2, 0) is 6.18 Å². The maximum atomic E-state index is 12.7. The van der Waals surface area contributed by atoms with E-state index in [0.29, 0.717) is 12.8 Å². The number of hydrogen-bond donors (Lipinski definition) is 2. The number of nitrogens with two attached hydrogens (primary N) is 1. The zero-order valence-corrected chi connectivity index (χ0v) is 11.1. The van der Waals surface area contributed by atoms with Crippen LogP contribution in [0.5, 0.6) is 0 Å². The molecule has 20 heavy (non-hydrogen) atoms. The topological polar surface area (TPSA) is 75.3 Å². The number of rotatable bonds is 2. The number of aliphatic hydroxyl groups is 1. The summed E-state index contributed by atoms with van der Waals surface area (Å²) in [6.45, 7) is 0. The molecule has 1 aliphatic rings. The first-order valence-corrected chi connectivity index (χ1v) is 6.41. The van der Waals surface area contributed by atoms with Crippen molar-refractivity contribution in [3.63, 3.8) is 0 Å². The lowest BCUT2D eigenvalue weighted by Gasteiger charge is -2.36. The third kappa shape index (κ3) is 3.12. The minimum Gasteiger partial charge on any atom is -0.391 e. The SMILES string of the molecule is CN(c1cc(C(F)(F)F)nc(N)n1)C1CCCCC1O. The van der Waals surface area contributed by atoms with Crippen molar-refractivity contribution >= 4 is 11.8 Å². The van der Waals surface area contributed by atoms with E-state index in [1.54, 1.807) is 11.9 Å². The highest BCUT2D eigenvalue weighted by Gasteiger charge is 2.35. The van der Waals surface area contributed by atoms with Crippen molar-refractivity contribution in [2.45, 2.75) is 44.0 Å². The molecule has 0 amide bonds. The van der Waals surface area contributed by atoms with E-state index in [1.165, 1.54) is 0 Å². The lowest BCUT2D eigenvalue weighted by Crippen LogP contribution is -2.44. The number of alkyl halides is 3. The Kier molecular flexibility index (Phi) is 4.03. The van der Waals surface area contributed by atoms with Gasteiger partial charge in [-0.1, -0.05) is 12.8 Å². The van der Waals surface area contributed by atoms with E-state index in [-0.39, 0.29) is 11.9 Å². The van der Waals surface area contributed by atoms with Gasteiger partial charge in [0.1, 0.15) is 5.82 Å². The molecule has 0 radical (unpaired) electrons. The van der Waals surface area contributed by atoms with Crippen LogP contribution in [0.3, 0.4) is 0 Å². The first-order valence-electron chi connectivity index (χ1n) is 6.41. The molecule has 3 N–H and O–H groups in total. The van der Waals surface area contributed by atoms with E-state index in [0.717, 1.165) is 18.9 Å². The van der Waals surface area contributed by atoms with Gasteiger partial charge in [0.05, 0.1) is 12.1 Å². The minimum absolute atomic E-state index is 0.0794. The number of likely N-dealkylation sites (N-methyl/N-ethyl adjacent to an activating group) is 1. The molecule has 1 aromatic rings. The molecule has 1 aliphatic carbocycles. The number of nitrogen functional groups attached to an aromatic ring is 1. The Morgan fingerprint density at radius 2 is 1.95 bits per heavy atom. The molecule has 5 nitrogen and oxygen atoms in total. The number of hydrogen-bond acceptors (Lipinski definition) is 5. The van der Waals surface area contributed by atoms with Gasteiger partial charge in [-0.25, -0.2) is 4.98 Å². The van der Waals surface area contributed by atoms with Crippen molar-refractivity contribution in [1.29, 1.82) is 0 Å². The molecule has 2 atom stereocenters. The summed E-state index contributed by atoms with van der Waals surface area (Å²) in [7, 11) is 1.61. The van der Waals surface area contributed by atoms with Gasteiger partial charge in [0.15, 0.2) is 5.69 Å². The second-order valence-electron chi connectivity index (χ2n) is 5.00. The van der Waals surface area contributed by atoms with Crippen LogP contribution < -0.4 is 10.6 Å². The first-order chi connectivity index (χ1) is 9.29. The van der Waals surface area contributed by atoms with Crippen molar-refractivity contribution in [2.75, 3.05) is 17.7 Å². The molecular weight excluding hydrogens is 273 g/mol. The normalized spacial score (nSPS) is 23.6. The number of aliphatic hydroxyl groups excluding tert-OH is 1. The first kappa shape index (κ1) is 14.8. The molecular formula is C12H17F3N4O. The van der Waals surface area contributed by atoms with E-state index in [4.69, 9.17) is 5.73 Å². The van der Waals surface area contributed by atoms with Crippen LogP contribution in [0.4, 0.5) is 24.9 Å². The molecule has 112 valence electrons. The lowest BCUT2D eigenvalue weighted by atomic mass is 9.91. The standard InChI is InChI=1S/C12H17F3N4O/c1-19(7-4-2-3-5-8(7)20)10-6-9(12(13,14)15)17-11(16)18-10/h6-8,20H,2-5H2,1H3,(H2,16,17,18). The Morgan fingerprint density at radius 1 is 1.30 bits per heavy atom. The molecule has 1 fully saturated rings. The summed E-state index contributed by atoms with van der Waals surface area (Å²) in [5.74, 6) is -0.345. The van der Waals surface area contributed by atoms with Crippen molar-refractivity contribution in [1.82, 2.24) is 9.97 Å². The van der Waals surface area contributed by atoms with Crippen LogP contribution in [0.25, 0.3) is 0 Å². The van der Waals surface area contributed by atoms with E-state index in [2.05, 4.69) is 9.97 Å². The molecule has 1 aromatic heterocycles. The van der Waals surface area contributed by atoms with Crippen LogP contribution in [0, 0.1) is 0 Å². The largest absolute Gasteiger partial charge is 0.433 e. The summed E-state index contributed by atoms with van der Waals surface area (Å²) in [5, 5.41) is 9.96. The molecule has 2 unspecified atom stereocenters. The molecule has 0 bridgehead atoms. The highest BCUT2D eigenvalue weighted by Crippen LogP contribution is 2.31. The molecule has 0 saturated heterocycles. The Labute approximate surface area is 114 Å². The molecule has 0 spiro atoms. The minimum atomic E-state index is -4.57. The summed E-state index contributed by atoms with van der Waals surface area (Å²) >= 11 is 0. The molecule has 0 aliphatic heterocycles. The summed E-state index contributed by atoms with van der Waals surface area (Å²) in [6.07, 6.45) is -1.94. The molecule has 1 heterocycles. The maximum Gasteiger partial charge on any atom is 0.433 e. The van der Waals surface area contributed by atoms with E-state index >= 15 is 0 Å². The molecule has 8 heteroatoms. The third-order valence-corrected chi connectivity index (χ3v) is 3.57. The van der Waals surface area contributed by atoms with E-state index in [9.17, 15) is 18.3 Å². The fourth-order valence-electron chi connectivity index (χ4n) is 2.49. The predicted octanol–water partition coefficient (Wildman–Crippen LogP) is 1.82. The van der Waals surface area contributed by atoms with Gasteiger partial charge >= 0.3 is 6.18 Å². The van der Waals surface area contributed by atoms with Crippen LogP contribution in [0.1, 0.15) is 31.4 Å². The summed E-state index contributed by atoms with van der Waals surface area (Å²) in [6, 6.07) is 0.608. The highest BCUT2D eigenvalue weighted by molar-refractivity contribution is 5.44. The van der Waals surface area contributed by atoms with Crippen molar-refractivity contribution < 1.29 is 18.3 Å². The van der Waals surface area contributed by atoms with E-state index < -0.39 is 23.9 Å². The molecule has 0 aromatic carbocycles. The quantitative estimate of drug-likeness (QED) is 0.869. The second-order valence-corrected chi connectivity index (χ2v) is 5.00. The van der Waals surface area contributed by atoms with Crippen molar-refractivity contribution in [3.05, 3.63) is 11.8 Å². The van der Waals surface area contributed by atoms with Crippen LogP contribution in [-0.4, -0.2) is 34.3 Å². The van der Waals surface area contributed by atoms with E-state index in [1.807, 2.05) is 0 Å². The monoisotopic (exact) mass is 290 g/mol. The zero-order valence-electron chi connectivity index (χ0n) is 11.1. The highest BCUT2D eigenvalue weighted by atomic mass is 19.4. The van der Waals surface area contributed by atoms with Crippen molar-refractivity contribution in [3.8, 4) is 0 Å². The fourth-order valence-corrected chi connectivity index (χ4v) is 2.49. The van der Waals surface area contributed by atoms with Gasteiger partial charge in [0, 0.05) is 13.1 Å². The van der Waals surface area contributed by atoms with Crippen molar-refractivity contribution in [2.24, 2.45) is 0 Å². The number of anilines is 2. The Balaban J connectivity index is 2.29. The fraction of sp³-hybridized carbons (Fsp3) is 0.667. The van der Waals surface area contributed by atoms with Gasteiger partial charge in [-0.05, 0) is 12.8 Å². The summed E-state index contributed by atoms with van der Waals surface area (Å²) < 4.78 is 38.1. The predicted molar refractivity (Wildman–Crippen MR) is 68.1 cm³/mol. The Bertz CT molecular complexity index is 480. The van der Waals surface area contributed by atoms with Gasteiger partial charge in [-0.3, -0.25) is 0 Å². The average molecular weight is 290 g/mol. The van der Waals surface area contributed by atoms with Gasteiger partial charge in [-0.2, -0.15) is 18.2 Å². The van der Waals surface area contributed by atoms with Gasteiger partial charge in [0.2, 0.25) is 5.95 Å². The smallest absolute Gasteiger partial charge is 0.391 e. The maximum absolute atomic E-state index is 12.7. The molecule has 2 rings (SSSR count). The summed E-state index contributed by atoms with van der Waals surface area (Å²) in [4.78, 5) is 8.60. The van der Waals surface area contributed by atoms with Crippen LogP contribution in [0.15, 0.2) is 6.07 Å².